The molecule has 130 valence electrons. The fraction of sp³-hybridized carbons (Fsp3) is 0.294. The number of aromatic nitrogens is 2. The van der Waals surface area contributed by atoms with Crippen molar-refractivity contribution in [1.82, 2.24) is 9.78 Å². The van der Waals surface area contributed by atoms with Gasteiger partial charge in [0.05, 0.1) is 28.7 Å². The Morgan fingerprint density at radius 1 is 1.24 bits per heavy atom. The van der Waals surface area contributed by atoms with E-state index in [4.69, 9.17) is 14.7 Å². The lowest BCUT2D eigenvalue weighted by molar-refractivity contribution is -0.149. The first kappa shape index (κ1) is 18.0. The van der Waals surface area contributed by atoms with Gasteiger partial charge in [0.2, 0.25) is 0 Å². The van der Waals surface area contributed by atoms with Crippen molar-refractivity contribution in [1.29, 1.82) is 5.26 Å². The van der Waals surface area contributed by atoms with Gasteiger partial charge in [0.15, 0.2) is 13.2 Å². The maximum Gasteiger partial charge on any atom is 0.344 e. The van der Waals surface area contributed by atoms with E-state index in [1.807, 2.05) is 13.0 Å². The van der Waals surface area contributed by atoms with E-state index in [1.165, 1.54) is 0 Å². The fourth-order valence-corrected chi connectivity index (χ4v) is 2.09. The number of hydrogen-bond donors (Lipinski definition) is 1. The number of carbonyl (C=O) groups excluding carboxylic acids is 2. The molecule has 0 radical (unpaired) electrons. The van der Waals surface area contributed by atoms with Gasteiger partial charge in [0, 0.05) is 7.05 Å². The highest BCUT2D eigenvalue weighted by molar-refractivity contribution is 5.93. The molecule has 0 aliphatic carbocycles. The monoisotopic (exact) mass is 342 g/mol. The van der Waals surface area contributed by atoms with Crippen molar-refractivity contribution in [2.75, 3.05) is 18.5 Å². The SMILES string of the molecule is Cc1nn(C)c(C)c1NC(=O)COC(=O)COc1ccc(C#N)cc1. The number of rotatable bonds is 6. The molecule has 0 saturated heterocycles. The number of nitriles is 1. The van der Waals surface area contributed by atoms with Gasteiger partial charge in [-0.3, -0.25) is 9.48 Å². The van der Waals surface area contributed by atoms with Crippen molar-refractivity contribution in [3.8, 4) is 11.8 Å². The molecule has 8 heteroatoms. The maximum atomic E-state index is 11.9. The van der Waals surface area contributed by atoms with Gasteiger partial charge in [-0.15, -0.1) is 0 Å². The molecule has 1 aromatic heterocycles. The first-order chi connectivity index (χ1) is 11.9. The minimum absolute atomic E-state index is 0.329. The second-order valence-corrected chi connectivity index (χ2v) is 5.30. The molecule has 0 aliphatic heterocycles. The number of nitrogens with one attached hydrogen (secondary N) is 1. The van der Waals surface area contributed by atoms with E-state index in [9.17, 15) is 9.59 Å². The molecule has 1 amide bonds. The standard InChI is InChI=1S/C17H18N4O4/c1-11-17(12(2)21(3)20-11)19-15(22)9-25-16(23)10-24-14-6-4-13(8-18)5-7-14/h4-7H,9-10H2,1-3H3,(H,19,22). The van der Waals surface area contributed by atoms with Crippen LogP contribution in [0.15, 0.2) is 24.3 Å². The zero-order valence-electron chi connectivity index (χ0n) is 14.2. The molecule has 2 rings (SSSR count). The lowest BCUT2D eigenvalue weighted by Crippen LogP contribution is -2.24. The van der Waals surface area contributed by atoms with Gasteiger partial charge in [-0.1, -0.05) is 0 Å². The van der Waals surface area contributed by atoms with Gasteiger partial charge in [0.25, 0.3) is 5.91 Å². The number of anilines is 1. The smallest absolute Gasteiger partial charge is 0.344 e. The summed E-state index contributed by atoms with van der Waals surface area (Å²) in [5.74, 6) is -0.688. The predicted octanol–water partition coefficient (Wildman–Crippen LogP) is 1.47. The van der Waals surface area contributed by atoms with E-state index in [0.717, 1.165) is 5.69 Å². The summed E-state index contributed by atoms with van der Waals surface area (Å²) in [4.78, 5) is 23.5. The quantitative estimate of drug-likeness (QED) is 0.797. The zero-order valence-corrected chi connectivity index (χ0v) is 14.2. The fourth-order valence-electron chi connectivity index (χ4n) is 2.09. The molecule has 0 fully saturated rings. The van der Waals surface area contributed by atoms with E-state index < -0.39 is 18.5 Å². The van der Waals surface area contributed by atoms with Crippen LogP contribution in [0, 0.1) is 25.2 Å². The van der Waals surface area contributed by atoms with E-state index in [0.29, 0.717) is 22.7 Å². The van der Waals surface area contributed by atoms with Crippen molar-refractivity contribution >= 4 is 17.6 Å². The van der Waals surface area contributed by atoms with Crippen LogP contribution in [0.1, 0.15) is 17.0 Å². The molecular weight excluding hydrogens is 324 g/mol. The van der Waals surface area contributed by atoms with Crippen LogP contribution in [0.4, 0.5) is 5.69 Å². The van der Waals surface area contributed by atoms with E-state index >= 15 is 0 Å². The molecule has 0 aliphatic rings. The van der Waals surface area contributed by atoms with Crippen LogP contribution in [0.25, 0.3) is 0 Å². The summed E-state index contributed by atoms with van der Waals surface area (Å²) in [6, 6.07) is 8.29. The van der Waals surface area contributed by atoms with Crippen molar-refractivity contribution < 1.29 is 19.1 Å². The van der Waals surface area contributed by atoms with E-state index in [-0.39, 0.29) is 6.61 Å². The Labute approximate surface area is 145 Å². The Morgan fingerprint density at radius 2 is 1.92 bits per heavy atom. The van der Waals surface area contributed by atoms with Gasteiger partial charge in [-0.25, -0.2) is 4.79 Å². The summed E-state index contributed by atoms with van der Waals surface area (Å²) in [6.45, 7) is 2.86. The largest absolute Gasteiger partial charge is 0.482 e. The number of aryl methyl sites for hydroxylation is 2. The first-order valence-corrected chi connectivity index (χ1v) is 7.49. The molecule has 25 heavy (non-hydrogen) atoms. The van der Waals surface area contributed by atoms with Crippen LogP contribution in [-0.2, 0) is 21.4 Å². The summed E-state index contributed by atoms with van der Waals surface area (Å²) >= 11 is 0. The van der Waals surface area contributed by atoms with E-state index in [1.54, 1.807) is 42.9 Å². The second kappa shape index (κ2) is 7.97. The Hall–Kier alpha value is -3.34. The summed E-state index contributed by atoms with van der Waals surface area (Å²) in [5.41, 5.74) is 2.59. The lowest BCUT2D eigenvalue weighted by atomic mass is 10.2. The average molecular weight is 342 g/mol. The van der Waals surface area contributed by atoms with Gasteiger partial charge in [-0.2, -0.15) is 10.4 Å². The minimum atomic E-state index is -0.667. The molecule has 2 aromatic rings. The number of ether oxygens (including phenoxy) is 2. The summed E-state index contributed by atoms with van der Waals surface area (Å²) < 4.78 is 11.8. The second-order valence-electron chi connectivity index (χ2n) is 5.30. The summed E-state index contributed by atoms with van der Waals surface area (Å²) in [6.07, 6.45) is 0. The Morgan fingerprint density at radius 3 is 2.48 bits per heavy atom. The van der Waals surface area contributed by atoms with Gasteiger partial charge >= 0.3 is 5.97 Å². The molecule has 1 N–H and O–H groups in total. The van der Waals surface area contributed by atoms with Gasteiger partial charge < -0.3 is 14.8 Å². The third-order valence-corrected chi connectivity index (χ3v) is 3.48. The van der Waals surface area contributed by atoms with Crippen molar-refractivity contribution in [3.05, 3.63) is 41.2 Å². The maximum absolute atomic E-state index is 11.9. The molecule has 8 nitrogen and oxygen atoms in total. The van der Waals surface area contributed by atoms with Crippen LogP contribution in [0.3, 0.4) is 0 Å². The number of amides is 1. The molecule has 0 saturated carbocycles. The van der Waals surface area contributed by atoms with Crippen LogP contribution < -0.4 is 10.1 Å². The normalized spacial score (nSPS) is 10.0. The molecule has 0 unspecified atom stereocenters. The molecule has 0 atom stereocenters. The van der Waals surface area contributed by atoms with Crippen molar-refractivity contribution in [3.63, 3.8) is 0 Å². The third-order valence-electron chi connectivity index (χ3n) is 3.48. The topological polar surface area (TPSA) is 106 Å². The van der Waals surface area contributed by atoms with Crippen LogP contribution in [-0.4, -0.2) is 34.9 Å². The van der Waals surface area contributed by atoms with Crippen LogP contribution in [0.2, 0.25) is 0 Å². The van der Waals surface area contributed by atoms with Crippen LogP contribution >= 0.6 is 0 Å². The average Bonchev–Trinajstić information content (AvgIpc) is 2.84. The summed E-state index contributed by atoms with van der Waals surface area (Å²) in [7, 11) is 1.78. The van der Waals surface area contributed by atoms with Crippen molar-refractivity contribution in [2.24, 2.45) is 7.05 Å². The number of esters is 1. The Kier molecular flexibility index (Phi) is 5.74. The lowest BCUT2D eigenvalue weighted by Gasteiger charge is -2.08. The first-order valence-electron chi connectivity index (χ1n) is 7.49. The van der Waals surface area contributed by atoms with Crippen LogP contribution in [0.5, 0.6) is 5.75 Å². The Balaban J connectivity index is 1.77. The number of benzene rings is 1. The highest BCUT2D eigenvalue weighted by atomic mass is 16.6. The highest BCUT2D eigenvalue weighted by Gasteiger charge is 2.14. The zero-order chi connectivity index (χ0) is 18.4. The minimum Gasteiger partial charge on any atom is -0.482 e. The highest BCUT2D eigenvalue weighted by Crippen LogP contribution is 2.18. The van der Waals surface area contributed by atoms with Gasteiger partial charge in [-0.05, 0) is 38.1 Å². The third kappa shape index (κ3) is 4.81. The number of carbonyl (C=O) groups is 2. The Bertz CT molecular complexity index is 818. The van der Waals surface area contributed by atoms with E-state index in [2.05, 4.69) is 10.4 Å². The number of hydrogen-bond acceptors (Lipinski definition) is 6. The molecule has 1 aromatic carbocycles. The molecule has 0 bridgehead atoms. The molecular formula is C17H18N4O4. The molecule has 1 heterocycles. The molecule has 0 spiro atoms. The predicted molar refractivity (Wildman–Crippen MR) is 88.9 cm³/mol. The van der Waals surface area contributed by atoms with Crippen molar-refractivity contribution in [2.45, 2.75) is 13.8 Å². The van der Waals surface area contributed by atoms with Gasteiger partial charge in [0.1, 0.15) is 5.75 Å². The number of nitrogens with zero attached hydrogens (tertiary/aromatic N) is 3. The summed E-state index contributed by atoms with van der Waals surface area (Å²) in [5, 5.41) is 15.6.